The van der Waals surface area contributed by atoms with Crippen LogP contribution in [0.3, 0.4) is 0 Å². The van der Waals surface area contributed by atoms with Gasteiger partial charge in [-0.1, -0.05) is 20.8 Å². The molecule has 0 aliphatic carbocycles. The van der Waals surface area contributed by atoms with E-state index in [1.807, 2.05) is 11.0 Å². The molecule has 0 atom stereocenters. The molecule has 0 saturated carbocycles. The molecule has 1 fully saturated rings. The Labute approximate surface area is 126 Å². The molecule has 116 valence electrons. The van der Waals surface area contributed by atoms with Crippen molar-refractivity contribution in [3.8, 4) is 0 Å². The monoisotopic (exact) mass is 291 g/mol. The molecule has 0 radical (unpaired) electrons. The second kappa shape index (κ2) is 5.87. The Morgan fingerprint density at radius 2 is 1.90 bits per heavy atom. The Balaban J connectivity index is 2.22. The first-order chi connectivity index (χ1) is 9.77. The molecule has 1 saturated heterocycles. The van der Waals surface area contributed by atoms with Crippen LogP contribution in [-0.4, -0.2) is 47.0 Å². The largest absolute Gasteiger partial charge is 0.384 e. The summed E-state index contributed by atoms with van der Waals surface area (Å²) in [4.78, 5) is 24.6. The molecule has 2 N–H and O–H groups in total. The highest BCUT2D eigenvalue weighted by atomic mass is 16.2. The van der Waals surface area contributed by atoms with Crippen molar-refractivity contribution in [2.45, 2.75) is 39.5 Å². The molecule has 21 heavy (non-hydrogen) atoms. The SMILES string of the molecule is CC(=O)N1CCCN(c2cc(N)nc(C(C)(C)C)n2)CC1. The number of amides is 1. The molecule has 1 aromatic rings. The van der Waals surface area contributed by atoms with Crippen LogP contribution in [0.2, 0.25) is 0 Å². The molecule has 0 aromatic carbocycles. The second-order valence-electron chi connectivity index (χ2n) is 6.57. The van der Waals surface area contributed by atoms with Crippen molar-refractivity contribution in [3.63, 3.8) is 0 Å². The summed E-state index contributed by atoms with van der Waals surface area (Å²) < 4.78 is 0. The maximum atomic E-state index is 11.5. The number of hydrogen-bond donors (Lipinski definition) is 1. The Bertz CT molecular complexity index is 523. The smallest absolute Gasteiger partial charge is 0.219 e. The maximum Gasteiger partial charge on any atom is 0.219 e. The van der Waals surface area contributed by atoms with Crippen LogP contribution in [0, 0.1) is 0 Å². The number of carbonyl (C=O) groups excluding carboxylic acids is 1. The van der Waals surface area contributed by atoms with Crippen LogP contribution in [0.25, 0.3) is 0 Å². The third kappa shape index (κ3) is 3.83. The van der Waals surface area contributed by atoms with E-state index >= 15 is 0 Å². The van der Waals surface area contributed by atoms with Gasteiger partial charge in [0.1, 0.15) is 17.5 Å². The molecule has 0 bridgehead atoms. The molecule has 0 spiro atoms. The van der Waals surface area contributed by atoms with Crippen molar-refractivity contribution in [2.75, 3.05) is 36.8 Å². The number of hydrogen-bond acceptors (Lipinski definition) is 5. The van der Waals surface area contributed by atoms with E-state index in [0.717, 1.165) is 44.2 Å². The first kappa shape index (κ1) is 15.5. The van der Waals surface area contributed by atoms with Crippen molar-refractivity contribution in [1.29, 1.82) is 0 Å². The van der Waals surface area contributed by atoms with Crippen molar-refractivity contribution in [1.82, 2.24) is 14.9 Å². The third-order valence-electron chi connectivity index (χ3n) is 3.67. The van der Waals surface area contributed by atoms with Gasteiger partial charge in [-0.15, -0.1) is 0 Å². The number of nitrogens with two attached hydrogens (primary N) is 1. The fourth-order valence-electron chi connectivity index (χ4n) is 2.41. The summed E-state index contributed by atoms with van der Waals surface area (Å²) in [6.45, 7) is 11.0. The van der Waals surface area contributed by atoms with E-state index in [1.165, 1.54) is 0 Å². The Kier molecular flexibility index (Phi) is 4.34. The lowest BCUT2D eigenvalue weighted by atomic mass is 9.96. The quantitative estimate of drug-likeness (QED) is 0.847. The Morgan fingerprint density at radius 1 is 1.19 bits per heavy atom. The summed E-state index contributed by atoms with van der Waals surface area (Å²) in [5, 5.41) is 0. The van der Waals surface area contributed by atoms with Gasteiger partial charge in [0.2, 0.25) is 5.91 Å². The van der Waals surface area contributed by atoms with E-state index in [9.17, 15) is 4.79 Å². The average molecular weight is 291 g/mol. The molecular weight excluding hydrogens is 266 g/mol. The predicted molar refractivity (Wildman–Crippen MR) is 84.2 cm³/mol. The van der Waals surface area contributed by atoms with Crippen LogP contribution >= 0.6 is 0 Å². The summed E-state index contributed by atoms with van der Waals surface area (Å²) in [6, 6.07) is 1.82. The van der Waals surface area contributed by atoms with Gasteiger partial charge in [-0.2, -0.15) is 0 Å². The predicted octanol–water partition coefficient (Wildman–Crippen LogP) is 1.41. The molecule has 6 nitrogen and oxygen atoms in total. The van der Waals surface area contributed by atoms with Crippen LogP contribution in [0.4, 0.5) is 11.6 Å². The Hall–Kier alpha value is -1.85. The van der Waals surface area contributed by atoms with Gasteiger partial charge in [-0.3, -0.25) is 4.79 Å². The van der Waals surface area contributed by atoms with Gasteiger partial charge in [0.15, 0.2) is 0 Å². The lowest BCUT2D eigenvalue weighted by Gasteiger charge is -2.25. The summed E-state index contributed by atoms with van der Waals surface area (Å²) in [7, 11) is 0. The topological polar surface area (TPSA) is 75.4 Å². The zero-order valence-electron chi connectivity index (χ0n) is 13.4. The summed E-state index contributed by atoms with van der Waals surface area (Å²) in [6.07, 6.45) is 0.939. The van der Waals surface area contributed by atoms with E-state index in [2.05, 4.69) is 35.6 Å². The van der Waals surface area contributed by atoms with E-state index in [4.69, 9.17) is 5.73 Å². The molecule has 0 unspecified atom stereocenters. The number of rotatable bonds is 1. The molecule has 1 aliphatic rings. The van der Waals surface area contributed by atoms with E-state index < -0.39 is 0 Å². The van der Waals surface area contributed by atoms with Crippen LogP contribution in [0.1, 0.15) is 39.9 Å². The van der Waals surface area contributed by atoms with Gasteiger partial charge in [-0.05, 0) is 6.42 Å². The number of anilines is 2. The van der Waals surface area contributed by atoms with E-state index in [1.54, 1.807) is 6.92 Å². The summed E-state index contributed by atoms with van der Waals surface area (Å²) >= 11 is 0. The minimum Gasteiger partial charge on any atom is -0.384 e. The highest BCUT2D eigenvalue weighted by Gasteiger charge is 2.22. The molecule has 6 heteroatoms. The molecular formula is C15H25N5O. The normalized spacial score (nSPS) is 16.8. The highest BCUT2D eigenvalue weighted by molar-refractivity contribution is 5.73. The van der Waals surface area contributed by atoms with Gasteiger partial charge in [0.05, 0.1) is 0 Å². The summed E-state index contributed by atoms with van der Waals surface area (Å²) in [5.41, 5.74) is 5.80. The van der Waals surface area contributed by atoms with Crippen molar-refractivity contribution in [3.05, 3.63) is 11.9 Å². The van der Waals surface area contributed by atoms with E-state index in [0.29, 0.717) is 5.82 Å². The molecule has 1 aliphatic heterocycles. The van der Waals surface area contributed by atoms with Crippen LogP contribution in [0.15, 0.2) is 6.07 Å². The number of carbonyl (C=O) groups is 1. The van der Waals surface area contributed by atoms with Gasteiger partial charge < -0.3 is 15.5 Å². The van der Waals surface area contributed by atoms with Crippen LogP contribution in [-0.2, 0) is 10.2 Å². The lowest BCUT2D eigenvalue weighted by Crippen LogP contribution is -2.34. The maximum absolute atomic E-state index is 11.5. The highest BCUT2D eigenvalue weighted by Crippen LogP contribution is 2.23. The van der Waals surface area contributed by atoms with Gasteiger partial charge >= 0.3 is 0 Å². The van der Waals surface area contributed by atoms with Crippen molar-refractivity contribution >= 4 is 17.5 Å². The average Bonchev–Trinajstić information content (AvgIpc) is 2.62. The number of nitrogen functional groups attached to an aromatic ring is 1. The van der Waals surface area contributed by atoms with E-state index in [-0.39, 0.29) is 11.3 Å². The molecule has 2 rings (SSSR count). The molecule has 2 heterocycles. The molecule has 1 amide bonds. The Morgan fingerprint density at radius 3 is 2.52 bits per heavy atom. The summed E-state index contributed by atoms with van der Waals surface area (Å²) in [5.74, 6) is 2.25. The zero-order chi connectivity index (χ0) is 15.6. The van der Waals surface area contributed by atoms with Crippen molar-refractivity contribution in [2.24, 2.45) is 0 Å². The van der Waals surface area contributed by atoms with Gasteiger partial charge in [-0.25, -0.2) is 9.97 Å². The van der Waals surface area contributed by atoms with Crippen LogP contribution < -0.4 is 10.6 Å². The zero-order valence-corrected chi connectivity index (χ0v) is 13.4. The number of aromatic nitrogens is 2. The third-order valence-corrected chi connectivity index (χ3v) is 3.67. The fraction of sp³-hybridized carbons (Fsp3) is 0.667. The first-order valence-corrected chi connectivity index (χ1v) is 7.43. The molecule has 1 aromatic heterocycles. The van der Waals surface area contributed by atoms with Crippen LogP contribution in [0.5, 0.6) is 0 Å². The second-order valence-corrected chi connectivity index (χ2v) is 6.57. The van der Waals surface area contributed by atoms with Crippen molar-refractivity contribution < 1.29 is 4.79 Å². The van der Waals surface area contributed by atoms with Gasteiger partial charge in [0, 0.05) is 44.6 Å². The minimum absolute atomic E-state index is 0.134. The number of nitrogens with zero attached hydrogens (tertiary/aromatic N) is 4. The first-order valence-electron chi connectivity index (χ1n) is 7.43. The van der Waals surface area contributed by atoms with Gasteiger partial charge in [0.25, 0.3) is 0 Å². The lowest BCUT2D eigenvalue weighted by molar-refractivity contribution is -0.128. The standard InChI is InChI=1S/C15H25N5O/c1-11(21)19-6-5-7-20(9-8-19)13-10-12(16)17-14(18-13)15(2,3)4/h10H,5-9H2,1-4H3,(H2,16,17,18). The minimum atomic E-state index is -0.138. The fourth-order valence-corrected chi connectivity index (χ4v) is 2.41.